The second-order valence-electron chi connectivity index (χ2n) is 8.22. The van der Waals surface area contributed by atoms with Crippen molar-refractivity contribution in [2.24, 2.45) is 17.8 Å². The van der Waals surface area contributed by atoms with Crippen molar-refractivity contribution in [1.82, 2.24) is 0 Å². The lowest BCUT2D eigenvalue weighted by Crippen LogP contribution is -2.28. The van der Waals surface area contributed by atoms with Gasteiger partial charge >= 0.3 is 6.16 Å². The summed E-state index contributed by atoms with van der Waals surface area (Å²) in [6.07, 6.45) is 9.38. The van der Waals surface area contributed by atoms with Crippen molar-refractivity contribution in [3.8, 4) is 5.75 Å². The molecule has 4 heteroatoms. The molecule has 3 rings (SSSR count). The van der Waals surface area contributed by atoms with E-state index in [1.54, 1.807) is 6.07 Å². The third kappa shape index (κ3) is 4.55. The maximum Gasteiger partial charge on any atom is 0.511 e. The van der Waals surface area contributed by atoms with Gasteiger partial charge in [0, 0.05) is 5.92 Å². The molecule has 4 atom stereocenters. The van der Waals surface area contributed by atoms with Crippen LogP contribution in [0.2, 0.25) is 0 Å². The van der Waals surface area contributed by atoms with E-state index >= 15 is 0 Å². The number of allylic oxidation sites excluding steroid dienone is 1. The van der Waals surface area contributed by atoms with Gasteiger partial charge in [0.25, 0.3) is 0 Å². The number of hydrogen-bond acceptors (Lipinski definition) is 3. The highest BCUT2D eigenvalue weighted by atomic mass is 16.7. The predicted octanol–water partition coefficient (Wildman–Crippen LogP) is 5.37. The highest BCUT2D eigenvalue weighted by Crippen LogP contribution is 2.49. The average molecular weight is 373 g/mol. The maximum atomic E-state index is 11.0. The Bertz CT molecular complexity index is 694. The molecule has 0 bridgehead atoms. The minimum atomic E-state index is -1.27. The fraction of sp³-hybridized carbons (Fsp3) is 0.609. The molecule has 1 aromatic rings. The molecule has 0 saturated heterocycles. The SMILES string of the molecule is CCCCCC/C=C(\C)[C@H]1[C@H](O)CC2Cc3c(cccc3OC(=O)O)C[C@@H]21. The fourth-order valence-electron chi connectivity index (χ4n) is 5.16. The van der Waals surface area contributed by atoms with Gasteiger partial charge in [-0.1, -0.05) is 50.0 Å². The summed E-state index contributed by atoms with van der Waals surface area (Å²) in [5.41, 5.74) is 3.51. The van der Waals surface area contributed by atoms with E-state index in [9.17, 15) is 9.90 Å². The zero-order chi connectivity index (χ0) is 19.4. The van der Waals surface area contributed by atoms with Crippen LogP contribution < -0.4 is 4.74 Å². The monoisotopic (exact) mass is 372 g/mol. The van der Waals surface area contributed by atoms with Gasteiger partial charge in [-0.05, 0) is 68.1 Å². The summed E-state index contributed by atoms with van der Waals surface area (Å²) in [6, 6.07) is 5.68. The molecular weight excluding hydrogens is 340 g/mol. The summed E-state index contributed by atoms with van der Waals surface area (Å²) in [5, 5.41) is 19.7. The van der Waals surface area contributed by atoms with Crippen molar-refractivity contribution in [2.45, 2.75) is 71.3 Å². The van der Waals surface area contributed by atoms with Gasteiger partial charge in [-0.3, -0.25) is 0 Å². The van der Waals surface area contributed by atoms with Crippen LogP contribution in [0.5, 0.6) is 5.75 Å². The summed E-state index contributed by atoms with van der Waals surface area (Å²) in [4.78, 5) is 11.0. The first-order valence-corrected chi connectivity index (χ1v) is 10.4. The lowest BCUT2D eigenvalue weighted by Gasteiger charge is -2.32. The van der Waals surface area contributed by atoms with Crippen LogP contribution in [0.15, 0.2) is 29.8 Å². The van der Waals surface area contributed by atoms with Crippen LogP contribution in [0.3, 0.4) is 0 Å². The number of carboxylic acid groups (broad SMARTS) is 1. The summed E-state index contributed by atoms with van der Waals surface area (Å²) < 4.78 is 4.99. The van der Waals surface area contributed by atoms with Gasteiger partial charge in [0.2, 0.25) is 0 Å². The second kappa shape index (κ2) is 8.92. The molecule has 0 aliphatic heterocycles. The van der Waals surface area contributed by atoms with Crippen molar-refractivity contribution < 1.29 is 19.7 Å². The Labute approximate surface area is 162 Å². The van der Waals surface area contributed by atoms with E-state index in [-0.39, 0.29) is 12.0 Å². The minimum absolute atomic E-state index is 0.221. The van der Waals surface area contributed by atoms with Gasteiger partial charge in [0.15, 0.2) is 0 Å². The standard InChI is InChI=1S/C23H32O4/c1-3-4-5-6-7-9-15(2)22-19-12-16-10-8-11-21(27-23(25)26)18(16)13-17(19)14-20(22)24/h8-11,17,19-20,22,24H,3-7,12-14H2,1-2H3,(H,25,26)/b15-9+/t17?,19-,20+,22+/m0/s1. The van der Waals surface area contributed by atoms with Crippen LogP contribution in [0.25, 0.3) is 0 Å². The number of ether oxygens (including phenoxy) is 1. The van der Waals surface area contributed by atoms with Gasteiger partial charge < -0.3 is 14.9 Å². The van der Waals surface area contributed by atoms with Crippen LogP contribution in [0.1, 0.15) is 63.5 Å². The summed E-state index contributed by atoms with van der Waals surface area (Å²) in [5.74, 6) is 1.50. The molecule has 2 aliphatic rings. The largest absolute Gasteiger partial charge is 0.511 e. The van der Waals surface area contributed by atoms with Gasteiger partial charge in [-0.15, -0.1) is 0 Å². The Hall–Kier alpha value is -1.81. The number of unbranched alkanes of at least 4 members (excludes halogenated alkanes) is 4. The second-order valence-corrected chi connectivity index (χ2v) is 8.22. The molecule has 148 valence electrons. The number of carbonyl (C=O) groups is 1. The number of hydrogen-bond donors (Lipinski definition) is 2. The van der Waals surface area contributed by atoms with Crippen LogP contribution in [0.4, 0.5) is 4.79 Å². The molecule has 0 radical (unpaired) electrons. The van der Waals surface area contributed by atoms with Gasteiger partial charge in [0.1, 0.15) is 5.75 Å². The lowest BCUT2D eigenvalue weighted by molar-refractivity contribution is 0.136. The van der Waals surface area contributed by atoms with Crippen molar-refractivity contribution in [3.63, 3.8) is 0 Å². The molecule has 0 aromatic heterocycles. The van der Waals surface area contributed by atoms with Crippen LogP contribution in [-0.2, 0) is 12.8 Å². The first kappa shape index (κ1) is 19.9. The molecule has 1 fully saturated rings. The molecular formula is C23H32O4. The minimum Gasteiger partial charge on any atom is -0.449 e. The zero-order valence-corrected chi connectivity index (χ0v) is 16.5. The van der Waals surface area contributed by atoms with Crippen LogP contribution in [-0.4, -0.2) is 22.5 Å². The van der Waals surface area contributed by atoms with E-state index in [0.29, 0.717) is 17.6 Å². The summed E-state index contributed by atoms with van der Waals surface area (Å²) >= 11 is 0. The highest BCUT2D eigenvalue weighted by molar-refractivity contribution is 5.62. The maximum absolute atomic E-state index is 11.0. The van der Waals surface area contributed by atoms with E-state index < -0.39 is 6.16 Å². The molecule has 2 aliphatic carbocycles. The Balaban J connectivity index is 1.73. The average Bonchev–Trinajstić information content (AvgIpc) is 2.94. The third-order valence-electron chi connectivity index (χ3n) is 6.42. The molecule has 0 spiro atoms. The van der Waals surface area contributed by atoms with Crippen molar-refractivity contribution in [1.29, 1.82) is 0 Å². The van der Waals surface area contributed by atoms with Gasteiger partial charge in [-0.2, -0.15) is 0 Å². The number of aliphatic hydroxyl groups excluding tert-OH is 1. The number of benzene rings is 1. The van der Waals surface area contributed by atoms with Crippen molar-refractivity contribution in [3.05, 3.63) is 41.0 Å². The smallest absolute Gasteiger partial charge is 0.449 e. The lowest BCUT2D eigenvalue weighted by atomic mass is 9.73. The van der Waals surface area contributed by atoms with E-state index in [0.717, 1.165) is 31.2 Å². The number of fused-ring (bicyclic) bond motifs is 2. The van der Waals surface area contributed by atoms with E-state index in [1.165, 1.54) is 36.8 Å². The Morgan fingerprint density at radius 1 is 1.26 bits per heavy atom. The first-order chi connectivity index (χ1) is 13.0. The Morgan fingerprint density at radius 3 is 2.81 bits per heavy atom. The number of aliphatic hydroxyl groups is 1. The topological polar surface area (TPSA) is 66.8 Å². The van der Waals surface area contributed by atoms with Gasteiger partial charge in [-0.25, -0.2) is 4.79 Å². The van der Waals surface area contributed by atoms with Gasteiger partial charge in [0.05, 0.1) is 6.10 Å². The third-order valence-corrected chi connectivity index (χ3v) is 6.42. The molecule has 27 heavy (non-hydrogen) atoms. The molecule has 4 nitrogen and oxygen atoms in total. The molecule has 2 N–H and O–H groups in total. The summed E-state index contributed by atoms with van der Waals surface area (Å²) in [7, 11) is 0. The fourth-order valence-corrected chi connectivity index (χ4v) is 5.16. The van der Waals surface area contributed by atoms with E-state index in [2.05, 4.69) is 26.0 Å². The molecule has 1 saturated carbocycles. The molecule has 0 amide bonds. The van der Waals surface area contributed by atoms with E-state index in [1.807, 2.05) is 6.07 Å². The number of rotatable bonds is 7. The molecule has 1 unspecified atom stereocenters. The Kier molecular flexibility index (Phi) is 6.59. The Morgan fingerprint density at radius 2 is 2.07 bits per heavy atom. The van der Waals surface area contributed by atoms with Crippen LogP contribution in [0, 0.1) is 17.8 Å². The summed E-state index contributed by atoms with van der Waals surface area (Å²) in [6.45, 7) is 4.40. The van der Waals surface area contributed by atoms with E-state index in [4.69, 9.17) is 9.84 Å². The predicted molar refractivity (Wildman–Crippen MR) is 106 cm³/mol. The zero-order valence-electron chi connectivity index (χ0n) is 16.5. The van der Waals surface area contributed by atoms with Crippen LogP contribution >= 0.6 is 0 Å². The molecule has 0 heterocycles. The highest BCUT2D eigenvalue weighted by Gasteiger charge is 2.45. The van der Waals surface area contributed by atoms with Crippen molar-refractivity contribution >= 4 is 6.16 Å². The molecule has 1 aromatic carbocycles. The van der Waals surface area contributed by atoms with Crippen molar-refractivity contribution in [2.75, 3.05) is 0 Å². The normalized spacial score (nSPS) is 27.1. The quantitative estimate of drug-likeness (QED) is 0.292. The first-order valence-electron chi connectivity index (χ1n) is 10.4.